The quantitative estimate of drug-likeness (QED) is 0.395. The fourth-order valence-corrected chi connectivity index (χ4v) is 4.99. The molecule has 0 unspecified atom stereocenters. The lowest BCUT2D eigenvalue weighted by Crippen LogP contribution is -2.38. The number of fused-ring (bicyclic) bond motifs is 1. The van der Waals surface area contributed by atoms with E-state index < -0.39 is 17.7 Å². The predicted molar refractivity (Wildman–Crippen MR) is 144 cm³/mol. The molecule has 3 N–H and O–H groups in total. The summed E-state index contributed by atoms with van der Waals surface area (Å²) in [5.41, 5.74) is 1.78. The number of ether oxygens (including phenoxy) is 1. The van der Waals surface area contributed by atoms with Gasteiger partial charge in [-0.2, -0.15) is 0 Å². The third kappa shape index (κ3) is 5.94. The van der Waals surface area contributed by atoms with Crippen molar-refractivity contribution in [1.29, 1.82) is 0 Å². The van der Waals surface area contributed by atoms with Gasteiger partial charge in [-0.25, -0.2) is 28.5 Å². The summed E-state index contributed by atoms with van der Waals surface area (Å²) in [6, 6.07) is 6.75. The molecule has 5 rings (SSSR count). The topological polar surface area (TPSA) is 116 Å². The number of rotatable bonds is 7. The zero-order valence-electron chi connectivity index (χ0n) is 21.8. The molecule has 39 heavy (non-hydrogen) atoms. The first-order valence-corrected chi connectivity index (χ1v) is 13.0. The lowest BCUT2D eigenvalue weighted by molar-refractivity contribution is 0.191. The van der Waals surface area contributed by atoms with Crippen LogP contribution in [-0.4, -0.2) is 65.0 Å². The number of aromatic nitrogens is 3. The van der Waals surface area contributed by atoms with Gasteiger partial charge < -0.3 is 30.3 Å². The SMILES string of the molecule is CC(C)N1CCOc2c(F)cc(-c3nc(Nc4ccc(N5CCC(CNC(=O)O)CC5)cn4)ncc3F)cc21. The number of benzene rings is 1. The lowest BCUT2D eigenvalue weighted by Gasteiger charge is -2.34. The van der Waals surface area contributed by atoms with Crippen LogP contribution in [-0.2, 0) is 0 Å². The van der Waals surface area contributed by atoms with Crippen LogP contribution in [0.2, 0.25) is 0 Å². The molecule has 2 aromatic heterocycles. The minimum absolute atomic E-state index is 0.0274. The molecule has 0 atom stereocenters. The Balaban J connectivity index is 1.29. The van der Waals surface area contributed by atoms with E-state index in [9.17, 15) is 13.6 Å². The number of nitrogens with one attached hydrogen (secondary N) is 2. The monoisotopic (exact) mass is 539 g/mol. The molecular formula is C27H31F2N7O3. The van der Waals surface area contributed by atoms with Gasteiger partial charge in [0.25, 0.3) is 0 Å². The van der Waals surface area contributed by atoms with Gasteiger partial charge >= 0.3 is 6.09 Å². The van der Waals surface area contributed by atoms with Crippen LogP contribution >= 0.6 is 0 Å². The summed E-state index contributed by atoms with van der Waals surface area (Å²) in [7, 11) is 0. The van der Waals surface area contributed by atoms with E-state index in [4.69, 9.17) is 9.84 Å². The maximum atomic E-state index is 14.9. The van der Waals surface area contributed by atoms with Gasteiger partial charge in [0.15, 0.2) is 17.4 Å². The molecule has 1 aromatic carbocycles. The number of piperidine rings is 1. The van der Waals surface area contributed by atoms with E-state index in [1.807, 2.05) is 24.8 Å². The number of hydrogen-bond donors (Lipinski definition) is 3. The highest BCUT2D eigenvalue weighted by Crippen LogP contribution is 2.39. The number of amides is 1. The minimum atomic E-state index is -0.996. The fourth-order valence-electron chi connectivity index (χ4n) is 4.99. The van der Waals surface area contributed by atoms with Crippen LogP contribution in [0.5, 0.6) is 5.75 Å². The average Bonchev–Trinajstić information content (AvgIpc) is 2.93. The maximum absolute atomic E-state index is 14.9. The molecule has 0 spiro atoms. The number of carbonyl (C=O) groups is 1. The van der Waals surface area contributed by atoms with Crippen molar-refractivity contribution in [3.63, 3.8) is 0 Å². The van der Waals surface area contributed by atoms with Crippen molar-refractivity contribution >= 4 is 29.2 Å². The summed E-state index contributed by atoms with van der Waals surface area (Å²) >= 11 is 0. The molecule has 2 aliphatic rings. The van der Waals surface area contributed by atoms with E-state index >= 15 is 0 Å². The summed E-state index contributed by atoms with van der Waals surface area (Å²) in [6.07, 6.45) is 3.57. The van der Waals surface area contributed by atoms with Crippen LogP contribution in [0.3, 0.4) is 0 Å². The molecule has 0 saturated carbocycles. The standard InChI is InChI=1S/C27H31F2N7O3/c1-16(2)36-9-10-39-25-20(28)11-18(12-22(25)36)24-21(29)15-31-26(34-24)33-23-4-3-19(14-30-23)35-7-5-17(6-8-35)13-32-27(37)38/h3-4,11-12,14-17,32H,5-10,13H2,1-2H3,(H,37,38)(H,30,31,33,34). The van der Waals surface area contributed by atoms with Crippen LogP contribution in [0.4, 0.5) is 36.7 Å². The molecule has 0 bridgehead atoms. The molecule has 1 amide bonds. The molecule has 0 aliphatic carbocycles. The van der Waals surface area contributed by atoms with Crippen molar-refractivity contribution in [3.8, 4) is 17.0 Å². The van der Waals surface area contributed by atoms with Crippen molar-refractivity contribution < 1.29 is 23.4 Å². The lowest BCUT2D eigenvalue weighted by atomic mass is 9.96. The zero-order valence-corrected chi connectivity index (χ0v) is 21.8. The Morgan fingerprint density at radius 1 is 1.13 bits per heavy atom. The second-order valence-corrected chi connectivity index (χ2v) is 9.98. The molecule has 10 nitrogen and oxygen atoms in total. The van der Waals surface area contributed by atoms with Gasteiger partial charge in [0.05, 0.1) is 30.3 Å². The van der Waals surface area contributed by atoms with E-state index in [0.29, 0.717) is 37.1 Å². The molecule has 3 aromatic rings. The van der Waals surface area contributed by atoms with E-state index in [0.717, 1.165) is 37.8 Å². The summed E-state index contributed by atoms with van der Waals surface area (Å²) in [5, 5.41) is 14.2. The summed E-state index contributed by atoms with van der Waals surface area (Å²) < 4.78 is 35.3. The first-order valence-electron chi connectivity index (χ1n) is 13.0. The van der Waals surface area contributed by atoms with Crippen LogP contribution in [0, 0.1) is 17.6 Å². The third-order valence-electron chi connectivity index (χ3n) is 7.06. The highest BCUT2D eigenvalue weighted by Gasteiger charge is 2.26. The number of nitrogens with zero attached hydrogens (tertiary/aromatic N) is 5. The Morgan fingerprint density at radius 2 is 1.92 bits per heavy atom. The second kappa shape index (κ2) is 11.3. The van der Waals surface area contributed by atoms with Gasteiger partial charge in [-0.05, 0) is 56.9 Å². The third-order valence-corrected chi connectivity index (χ3v) is 7.06. The van der Waals surface area contributed by atoms with Gasteiger partial charge in [0.2, 0.25) is 5.95 Å². The summed E-state index contributed by atoms with van der Waals surface area (Å²) in [4.78, 5) is 27.8. The van der Waals surface area contributed by atoms with E-state index in [-0.39, 0.29) is 29.0 Å². The van der Waals surface area contributed by atoms with Crippen LogP contribution in [0.25, 0.3) is 11.3 Å². The van der Waals surface area contributed by atoms with Crippen LogP contribution < -0.4 is 25.2 Å². The molecular weight excluding hydrogens is 508 g/mol. The minimum Gasteiger partial charge on any atom is -0.486 e. The number of halogens is 2. The number of carboxylic acid groups (broad SMARTS) is 1. The van der Waals surface area contributed by atoms with Gasteiger partial charge in [-0.15, -0.1) is 0 Å². The zero-order chi connectivity index (χ0) is 27.5. The van der Waals surface area contributed by atoms with E-state index in [2.05, 4.69) is 30.5 Å². The predicted octanol–water partition coefficient (Wildman–Crippen LogP) is 4.65. The first-order chi connectivity index (χ1) is 18.8. The summed E-state index contributed by atoms with van der Waals surface area (Å²) in [6.45, 7) is 7.08. The molecule has 0 radical (unpaired) electrons. The highest BCUT2D eigenvalue weighted by molar-refractivity contribution is 5.73. The Bertz CT molecular complexity index is 1330. The Labute approximate surface area is 225 Å². The number of anilines is 4. The fraction of sp³-hybridized carbons (Fsp3) is 0.407. The highest BCUT2D eigenvalue weighted by atomic mass is 19.1. The molecule has 206 valence electrons. The normalized spacial score (nSPS) is 15.6. The Hall–Kier alpha value is -4.22. The molecule has 4 heterocycles. The Morgan fingerprint density at radius 3 is 2.62 bits per heavy atom. The van der Waals surface area contributed by atoms with Gasteiger partial charge in [-0.1, -0.05) is 0 Å². The molecule has 2 aliphatic heterocycles. The van der Waals surface area contributed by atoms with Crippen LogP contribution in [0.15, 0.2) is 36.7 Å². The van der Waals surface area contributed by atoms with Crippen LogP contribution in [0.1, 0.15) is 26.7 Å². The van der Waals surface area contributed by atoms with Gasteiger partial charge in [0.1, 0.15) is 18.1 Å². The molecule has 12 heteroatoms. The van der Waals surface area contributed by atoms with Crippen molar-refractivity contribution in [2.75, 3.05) is 47.9 Å². The van der Waals surface area contributed by atoms with Crippen molar-refractivity contribution in [2.45, 2.75) is 32.7 Å². The average molecular weight is 540 g/mol. The smallest absolute Gasteiger partial charge is 0.404 e. The second-order valence-electron chi connectivity index (χ2n) is 9.98. The van der Waals surface area contributed by atoms with Gasteiger partial charge in [0, 0.05) is 31.2 Å². The Kier molecular flexibility index (Phi) is 7.62. The van der Waals surface area contributed by atoms with E-state index in [1.165, 1.54) is 6.07 Å². The first kappa shape index (κ1) is 26.4. The van der Waals surface area contributed by atoms with Crippen molar-refractivity contribution in [3.05, 3.63) is 48.3 Å². The van der Waals surface area contributed by atoms with Gasteiger partial charge in [-0.3, -0.25) is 0 Å². The number of pyridine rings is 1. The van der Waals surface area contributed by atoms with Crippen molar-refractivity contribution in [1.82, 2.24) is 20.3 Å². The maximum Gasteiger partial charge on any atom is 0.404 e. The largest absolute Gasteiger partial charge is 0.486 e. The summed E-state index contributed by atoms with van der Waals surface area (Å²) in [5.74, 6) is -0.142. The van der Waals surface area contributed by atoms with E-state index in [1.54, 1.807) is 18.3 Å². The van der Waals surface area contributed by atoms with Crippen molar-refractivity contribution in [2.24, 2.45) is 5.92 Å². The molecule has 1 saturated heterocycles. The molecule has 1 fully saturated rings. The number of hydrogen-bond acceptors (Lipinski definition) is 8.